The smallest absolute Gasteiger partial charge is 0.0250 e. The first kappa shape index (κ1) is 19.3. The van der Waals surface area contributed by atoms with Crippen LogP contribution in [0.4, 0.5) is 0 Å². The molecule has 22 heavy (non-hydrogen) atoms. The quantitative estimate of drug-likeness (QED) is 0.383. The molecular weight excluding hydrogens is 264 g/mol. The summed E-state index contributed by atoms with van der Waals surface area (Å²) in [6.45, 7) is 9.27. The van der Waals surface area contributed by atoms with Crippen molar-refractivity contribution in [2.24, 2.45) is 11.8 Å². The molecule has 0 aliphatic heterocycles. The molecule has 0 aliphatic carbocycles. The fraction of sp³-hybridized carbons (Fsp3) is 0.727. The van der Waals surface area contributed by atoms with E-state index in [-0.39, 0.29) is 0 Å². The van der Waals surface area contributed by atoms with Gasteiger partial charge in [0.1, 0.15) is 0 Å². The van der Waals surface area contributed by atoms with Crippen LogP contribution in [-0.4, -0.2) is 0 Å². The van der Waals surface area contributed by atoms with Crippen LogP contribution in [0.1, 0.15) is 90.2 Å². The van der Waals surface area contributed by atoms with Crippen molar-refractivity contribution in [1.82, 2.24) is 0 Å². The molecule has 0 spiro atoms. The van der Waals surface area contributed by atoms with Gasteiger partial charge < -0.3 is 0 Å². The van der Waals surface area contributed by atoms with Gasteiger partial charge in [0.05, 0.1) is 0 Å². The molecule has 0 aliphatic rings. The maximum atomic E-state index is 2.39. The van der Waals surface area contributed by atoms with E-state index in [1.165, 1.54) is 75.3 Å². The Morgan fingerprint density at radius 3 is 1.27 bits per heavy atom. The van der Waals surface area contributed by atoms with Gasteiger partial charge in [0.25, 0.3) is 0 Å². The van der Waals surface area contributed by atoms with Gasteiger partial charge in [-0.2, -0.15) is 0 Å². The Kier molecular flexibility index (Phi) is 10.3. The minimum absolute atomic E-state index is 0.874. The van der Waals surface area contributed by atoms with E-state index in [4.69, 9.17) is 0 Å². The first-order valence-electron chi connectivity index (χ1n) is 9.81. The molecule has 126 valence electrons. The fourth-order valence-electron chi connectivity index (χ4n) is 3.36. The van der Waals surface area contributed by atoms with Crippen molar-refractivity contribution in [3.05, 3.63) is 35.4 Å². The monoisotopic (exact) mass is 302 g/mol. The zero-order valence-electron chi connectivity index (χ0n) is 15.5. The van der Waals surface area contributed by atoms with E-state index in [1.54, 1.807) is 0 Å². The predicted molar refractivity (Wildman–Crippen MR) is 100 cm³/mol. The van der Waals surface area contributed by atoms with Crippen LogP contribution < -0.4 is 0 Å². The number of hydrogen-bond donors (Lipinski definition) is 0. The average Bonchev–Trinajstić information content (AvgIpc) is 2.56. The first-order chi connectivity index (χ1) is 10.7. The molecule has 2 unspecified atom stereocenters. The summed E-state index contributed by atoms with van der Waals surface area (Å²) in [6.07, 6.45) is 13.4. The van der Waals surface area contributed by atoms with E-state index in [0.29, 0.717) is 0 Å². The molecule has 0 fully saturated rings. The van der Waals surface area contributed by atoms with E-state index in [2.05, 4.69) is 52.0 Å². The number of hydrogen-bond acceptors (Lipinski definition) is 0. The highest BCUT2D eigenvalue weighted by Gasteiger charge is 2.09. The normalized spacial score (nSPS) is 14.0. The first-order valence-corrected chi connectivity index (χ1v) is 9.81. The summed E-state index contributed by atoms with van der Waals surface area (Å²) in [7, 11) is 0. The fourth-order valence-corrected chi connectivity index (χ4v) is 3.36. The van der Waals surface area contributed by atoms with Gasteiger partial charge in [-0.3, -0.25) is 0 Å². The van der Waals surface area contributed by atoms with Crippen molar-refractivity contribution in [2.45, 2.75) is 91.9 Å². The number of rotatable bonds is 12. The van der Waals surface area contributed by atoms with Gasteiger partial charge in [-0.1, -0.05) is 103 Å². The molecule has 0 aromatic heterocycles. The highest BCUT2D eigenvalue weighted by atomic mass is 14.1. The Balaban J connectivity index is 2.50. The van der Waals surface area contributed by atoms with E-state index in [1.807, 2.05) is 0 Å². The molecule has 0 heterocycles. The third-order valence-corrected chi connectivity index (χ3v) is 5.16. The van der Waals surface area contributed by atoms with Crippen LogP contribution in [0.3, 0.4) is 0 Å². The van der Waals surface area contributed by atoms with Crippen LogP contribution in [0.25, 0.3) is 0 Å². The van der Waals surface area contributed by atoms with Crippen molar-refractivity contribution >= 4 is 0 Å². The highest BCUT2D eigenvalue weighted by Crippen LogP contribution is 2.21. The van der Waals surface area contributed by atoms with Gasteiger partial charge >= 0.3 is 0 Å². The second kappa shape index (κ2) is 11.7. The summed E-state index contributed by atoms with van der Waals surface area (Å²) in [5.41, 5.74) is 3.07. The molecule has 0 bridgehead atoms. The second-order valence-corrected chi connectivity index (χ2v) is 7.06. The lowest BCUT2D eigenvalue weighted by Crippen LogP contribution is -2.05. The molecule has 2 atom stereocenters. The lowest BCUT2D eigenvalue weighted by molar-refractivity contribution is 0.446. The maximum Gasteiger partial charge on any atom is -0.0250 e. The third-order valence-electron chi connectivity index (χ3n) is 5.16. The Morgan fingerprint density at radius 1 is 0.636 bits per heavy atom. The average molecular weight is 303 g/mol. The molecule has 0 amide bonds. The minimum atomic E-state index is 0.874. The Hall–Kier alpha value is -0.780. The Labute approximate surface area is 139 Å². The van der Waals surface area contributed by atoms with E-state index in [9.17, 15) is 0 Å². The van der Waals surface area contributed by atoms with Crippen LogP contribution in [0.15, 0.2) is 24.3 Å². The summed E-state index contributed by atoms with van der Waals surface area (Å²) in [5, 5.41) is 0. The van der Waals surface area contributed by atoms with Crippen LogP contribution >= 0.6 is 0 Å². The Morgan fingerprint density at radius 2 is 1.00 bits per heavy atom. The minimum Gasteiger partial charge on any atom is -0.0654 e. The molecule has 1 aromatic rings. The topological polar surface area (TPSA) is 0 Å². The largest absolute Gasteiger partial charge is 0.0654 e. The SMILES string of the molecule is CCCCC(CC)Cc1ccc(CC(CC)CCCC)cc1. The molecular formula is C22H38. The second-order valence-electron chi connectivity index (χ2n) is 7.06. The molecule has 1 rings (SSSR count). The van der Waals surface area contributed by atoms with Crippen molar-refractivity contribution in [1.29, 1.82) is 0 Å². The molecule has 0 heteroatoms. The summed E-state index contributed by atoms with van der Waals surface area (Å²) >= 11 is 0. The predicted octanol–water partition coefficient (Wildman–Crippen LogP) is 7.20. The van der Waals surface area contributed by atoms with Crippen molar-refractivity contribution < 1.29 is 0 Å². The van der Waals surface area contributed by atoms with Gasteiger partial charge in [-0.05, 0) is 35.8 Å². The summed E-state index contributed by atoms with van der Waals surface area (Å²) in [5.74, 6) is 1.75. The summed E-state index contributed by atoms with van der Waals surface area (Å²) in [4.78, 5) is 0. The molecule has 0 radical (unpaired) electrons. The highest BCUT2D eigenvalue weighted by molar-refractivity contribution is 5.23. The lowest BCUT2D eigenvalue weighted by atomic mass is 9.89. The van der Waals surface area contributed by atoms with Gasteiger partial charge in [-0.15, -0.1) is 0 Å². The van der Waals surface area contributed by atoms with E-state index >= 15 is 0 Å². The summed E-state index contributed by atoms with van der Waals surface area (Å²) < 4.78 is 0. The molecule has 0 nitrogen and oxygen atoms in total. The zero-order chi connectivity index (χ0) is 16.2. The van der Waals surface area contributed by atoms with Crippen molar-refractivity contribution in [3.63, 3.8) is 0 Å². The van der Waals surface area contributed by atoms with Gasteiger partial charge in [-0.25, -0.2) is 0 Å². The van der Waals surface area contributed by atoms with Gasteiger partial charge in [0.2, 0.25) is 0 Å². The molecule has 0 saturated heterocycles. The van der Waals surface area contributed by atoms with Crippen molar-refractivity contribution in [3.8, 4) is 0 Å². The van der Waals surface area contributed by atoms with E-state index in [0.717, 1.165) is 11.8 Å². The van der Waals surface area contributed by atoms with Gasteiger partial charge in [0.15, 0.2) is 0 Å². The summed E-state index contributed by atoms with van der Waals surface area (Å²) in [6, 6.07) is 9.54. The molecule has 1 aromatic carbocycles. The lowest BCUT2D eigenvalue weighted by Gasteiger charge is -2.16. The zero-order valence-corrected chi connectivity index (χ0v) is 15.5. The van der Waals surface area contributed by atoms with Crippen molar-refractivity contribution in [2.75, 3.05) is 0 Å². The standard InChI is InChI=1S/C22H38/c1-5-9-11-19(7-3)17-21-13-15-22(16-14-21)18-20(8-4)12-10-6-2/h13-16,19-20H,5-12,17-18H2,1-4H3. The molecule has 0 saturated carbocycles. The number of benzene rings is 1. The van der Waals surface area contributed by atoms with Crippen LogP contribution in [0.5, 0.6) is 0 Å². The third kappa shape index (κ3) is 7.47. The van der Waals surface area contributed by atoms with Crippen LogP contribution in [-0.2, 0) is 12.8 Å². The maximum absolute atomic E-state index is 2.39. The number of unbranched alkanes of at least 4 members (excludes halogenated alkanes) is 2. The van der Waals surface area contributed by atoms with E-state index < -0.39 is 0 Å². The van der Waals surface area contributed by atoms with Crippen LogP contribution in [0, 0.1) is 11.8 Å². The Bertz CT molecular complexity index is 325. The molecule has 0 N–H and O–H groups in total. The van der Waals surface area contributed by atoms with Crippen LogP contribution in [0.2, 0.25) is 0 Å². The van der Waals surface area contributed by atoms with Gasteiger partial charge in [0, 0.05) is 0 Å².